The lowest BCUT2D eigenvalue weighted by atomic mass is 10.1. The number of ether oxygens (including phenoxy) is 2. The van der Waals surface area contributed by atoms with Crippen LogP contribution >= 0.6 is 23.1 Å². The maximum Gasteiger partial charge on any atom is 0.341 e. The van der Waals surface area contributed by atoms with Crippen molar-refractivity contribution in [1.29, 1.82) is 0 Å². The molecule has 0 spiro atoms. The first-order valence-electron chi connectivity index (χ1n) is 11.8. The number of hydrogen-bond acceptors (Lipinski definition) is 8. The van der Waals surface area contributed by atoms with Crippen LogP contribution < -0.4 is 10.1 Å². The Bertz CT molecular complexity index is 1250. The van der Waals surface area contributed by atoms with Gasteiger partial charge >= 0.3 is 5.97 Å². The third kappa shape index (κ3) is 5.82. The number of amides is 1. The van der Waals surface area contributed by atoms with Crippen molar-refractivity contribution in [2.75, 3.05) is 24.8 Å². The number of thiophene rings is 1. The summed E-state index contributed by atoms with van der Waals surface area (Å²) < 4.78 is 12.7. The SMILES string of the molecule is C=CCn1c(SCC(=O)Nc2sc3c(c2C(=O)OC)CCC3)nnc1-c1ccc(OCC(C)C)cc1. The molecule has 1 aliphatic rings. The van der Waals surface area contributed by atoms with Crippen molar-refractivity contribution >= 4 is 40.0 Å². The zero-order valence-corrected chi connectivity index (χ0v) is 22.3. The summed E-state index contributed by atoms with van der Waals surface area (Å²) in [4.78, 5) is 26.3. The number of rotatable bonds is 11. The highest BCUT2D eigenvalue weighted by Gasteiger charge is 2.28. The van der Waals surface area contributed by atoms with Crippen LogP contribution in [-0.2, 0) is 28.9 Å². The summed E-state index contributed by atoms with van der Waals surface area (Å²) in [6.07, 6.45) is 4.54. The number of anilines is 1. The van der Waals surface area contributed by atoms with Crippen LogP contribution in [0.25, 0.3) is 11.4 Å². The zero-order valence-electron chi connectivity index (χ0n) is 20.7. The van der Waals surface area contributed by atoms with Gasteiger partial charge in [-0.15, -0.1) is 28.1 Å². The van der Waals surface area contributed by atoms with Crippen LogP contribution in [0, 0.1) is 5.92 Å². The maximum atomic E-state index is 12.8. The summed E-state index contributed by atoms with van der Waals surface area (Å²) in [6, 6.07) is 7.74. The summed E-state index contributed by atoms with van der Waals surface area (Å²) >= 11 is 2.75. The lowest BCUT2D eigenvalue weighted by molar-refractivity contribution is -0.113. The van der Waals surface area contributed by atoms with Crippen molar-refractivity contribution in [3.8, 4) is 17.1 Å². The molecule has 0 unspecified atom stereocenters. The first kappa shape index (κ1) is 26.0. The fourth-order valence-electron chi connectivity index (χ4n) is 3.97. The molecule has 3 aromatic rings. The molecule has 8 nitrogen and oxygen atoms in total. The van der Waals surface area contributed by atoms with Crippen molar-refractivity contribution in [2.24, 2.45) is 5.92 Å². The lowest BCUT2D eigenvalue weighted by Crippen LogP contribution is -2.16. The molecule has 0 radical (unpaired) electrons. The number of esters is 1. The van der Waals surface area contributed by atoms with Crippen molar-refractivity contribution in [3.63, 3.8) is 0 Å². The minimum Gasteiger partial charge on any atom is -0.493 e. The first-order chi connectivity index (χ1) is 17.4. The van der Waals surface area contributed by atoms with E-state index in [2.05, 4.69) is 35.9 Å². The fourth-order valence-corrected chi connectivity index (χ4v) is 6.01. The molecule has 2 aromatic heterocycles. The molecule has 2 heterocycles. The van der Waals surface area contributed by atoms with E-state index in [1.807, 2.05) is 28.8 Å². The molecule has 190 valence electrons. The highest BCUT2D eigenvalue weighted by atomic mass is 32.2. The summed E-state index contributed by atoms with van der Waals surface area (Å²) in [5.41, 5.74) is 2.39. The van der Waals surface area contributed by atoms with Crippen molar-refractivity contribution < 1.29 is 19.1 Å². The summed E-state index contributed by atoms with van der Waals surface area (Å²) in [6.45, 7) is 9.22. The van der Waals surface area contributed by atoms with E-state index in [1.54, 1.807) is 6.08 Å². The standard InChI is InChI=1S/C26H30N4O4S2/c1-5-13-30-23(17-9-11-18(12-10-17)34-14-16(2)3)28-29-26(30)35-15-21(31)27-24-22(25(32)33-4)19-7-6-8-20(19)36-24/h5,9-12,16H,1,6-8,13-15H2,2-4H3,(H,27,31). The van der Waals surface area contributed by atoms with Gasteiger partial charge in [-0.05, 0) is 55.0 Å². The normalized spacial score (nSPS) is 12.4. The Morgan fingerprint density at radius 1 is 1.25 bits per heavy atom. The van der Waals surface area contributed by atoms with Gasteiger partial charge in [0, 0.05) is 17.0 Å². The number of allylic oxidation sites excluding steroid dienone is 1. The fraction of sp³-hybridized carbons (Fsp3) is 0.385. The molecule has 0 bridgehead atoms. The summed E-state index contributed by atoms with van der Waals surface area (Å²) in [5, 5.41) is 12.8. The van der Waals surface area contributed by atoms with Gasteiger partial charge in [0.1, 0.15) is 10.8 Å². The molecule has 36 heavy (non-hydrogen) atoms. The van der Waals surface area contributed by atoms with E-state index in [4.69, 9.17) is 9.47 Å². The Morgan fingerprint density at radius 2 is 2.03 bits per heavy atom. The van der Waals surface area contributed by atoms with E-state index in [1.165, 1.54) is 30.2 Å². The minimum atomic E-state index is -0.409. The van der Waals surface area contributed by atoms with Gasteiger partial charge in [-0.2, -0.15) is 0 Å². The monoisotopic (exact) mass is 526 g/mol. The second kappa shape index (κ2) is 11.7. The number of aryl methyl sites for hydroxylation is 1. The quantitative estimate of drug-likeness (QED) is 0.208. The number of benzene rings is 1. The topological polar surface area (TPSA) is 95.3 Å². The minimum absolute atomic E-state index is 0.125. The molecule has 1 aromatic carbocycles. The van der Waals surface area contributed by atoms with Crippen LogP contribution in [0.5, 0.6) is 5.75 Å². The second-order valence-electron chi connectivity index (χ2n) is 8.82. The number of carbonyl (C=O) groups excluding carboxylic acids is 2. The Kier molecular flexibility index (Phi) is 8.48. The molecule has 10 heteroatoms. The highest BCUT2D eigenvalue weighted by molar-refractivity contribution is 7.99. The van der Waals surface area contributed by atoms with E-state index in [-0.39, 0.29) is 11.7 Å². The first-order valence-corrected chi connectivity index (χ1v) is 13.6. The van der Waals surface area contributed by atoms with E-state index in [0.717, 1.165) is 41.0 Å². The van der Waals surface area contributed by atoms with E-state index < -0.39 is 5.97 Å². The maximum absolute atomic E-state index is 12.8. The van der Waals surface area contributed by atoms with Gasteiger partial charge in [0.25, 0.3) is 0 Å². The summed E-state index contributed by atoms with van der Waals surface area (Å²) in [7, 11) is 1.36. The van der Waals surface area contributed by atoms with Crippen LogP contribution in [0.2, 0.25) is 0 Å². The third-order valence-corrected chi connectivity index (χ3v) is 7.79. The highest BCUT2D eigenvalue weighted by Crippen LogP contribution is 2.39. The van der Waals surface area contributed by atoms with Crippen LogP contribution in [0.3, 0.4) is 0 Å². The van der Waals surface area contributed by atoms with E-state index >= 15 is 0 Å². The number of hydrogen-bond donors (Lipinski definition) is 1. The largest absolute Gasteiger partial charge is 0.493 e. The van der Waals surface area contributed by atoms with Gasteiger partial charge in [-0.25, -0.2) is 4.79 Å². The Balaban J connectivity index is 1.45. The Morgan fingerprint density at radius 3 is 2.72 bits per heavy atom. The molecule has 0 fully saturated rings. The van der Waals surface area contributed by atoms with Crippen LogP contribution in [0.1, 0.15) is 41.1 Å². The van der Waals surface area contributed by atoms with Gasteiger partial charge in [0.15, 0.2) is 11.0 Å². The molecule has 0 saturated heterocycles. The van der Waals surface area contributed by atoms with Gasteiger partial charge < -0.3 is 14.8 Å². The summed E-state index contributed by atoms with van der Waals surface area (Å²) in [5.74, 6) is 1.44. The third-order valence-electron chi connectivity index (χ3n) is 5.62. The average Bonchev–Trinajstić information content (AvgIpc) is 3.56. The number of fused-ring (bicyclic) bond motifs is 1. The van der Waals surface area contributed by atoms with Crippen LogP contribution in [-0.4, -0.2) is 46.1 Å². The van der Waals surface area contributed by atoms with Gasteiger partial charge in [0.05, 0.1) is 25.0 Å². The molecule has 1 aliphatic carbocycles. The molecule has 0 atom stereocenters. The van der Waals surface area contributed by atoms with Gasteiger partial charge in [-0.3, -0.25) is 9.36 Å². The number of nitrogens with zero attached hydrogens (tertiary/aromatic N) is 3. The number of thioether (sulfide) groups is 1. The Hall–Kier alpha value is -3.11. The lowest BCUT2D eigenvalue weighted by Gasteiger charge is -2.10. The molecule has 1 amide bonds. The average molecular weight is 527 g/mol. The smallest absolute Gasteiger partial charge is 0.341 e. The van der Waals surface area contributed by atoms with E-state index in [9.17, 15) is 9.59 Å². The van der Waals surface area contributed by atoms with Gasteiger partial charge in [-0.1, -0.05) is 31.7 Å². The molecule has 4 rings (SSSR count). The van der Waals surface area contributed by atoms with Crippen molar-refractivity contribution in [1.82, 2.24) is 14.8 Å². The molecular weight excluding hydrogens is 496 g/mol. The molecule has 0 saturated carbocycles. The number of aromatic nitrogens is 3. The zero-order chi connectivity index (χ0) is 25.7. The number of carbonyl (C=O) groups is 2. The van der Waals surface area contributed by atoms with Gasteiger partial charge in [0.2, 0.25) is 5.91 Å². The van der Waals surface area contributed by atoms with Crippen LogP contribution in [0.4, 0.5) is 5.00 Å². The molecule has 1 N–H and O–H groups in total. The predicted molar refractivity (Wildman–Crippen MR) is 143 cm³/mol. The van der Waals surface area contributed by atoms with Crippen LogP contribution in [0.15, 0.2) is 42.1 Å². The Labute approximate surface area is 219 Å². The van der Waals surface area contributed by atoms with E-state index in [0.29, 0.717) is 40.6 Å². The predicted octanol–water partition coefficient (Wildman–Crippen LogP) is 5.23. The van der Waals surface area contributed by atoms with Crippen molar-refractivity contribution in [3.05, 3.63) is 52.9 Å². The molecular formula is C26H30N4O4S2. The number of methoxy groups -OCH3 is 1. The van der Waals surface area contributed by atoms with Crippen molar-refractivity contribution in [2.45, 2.75) is 44.8 Å². The number of nitrogens with one attached hydrogen (secondary N) is 1. The second-order valence-corrected chi connectivity index (χ2v) is 10.9. The molecule has 0 aliphatic heterocycles.